The lowest BCUT2D eigenvalue weighted by atomic mass is 10.1. The first-order valence-electron chi connectivity index (χ1n) is 11.7. The summed E-state index contributed by atoms with van der Waals surface area (Å²) < 4.78 is 37.4. The fourth-order valence-electron chi connectivity index (χ4n) is 3.44. The molecule has 0 radical (unpaired) electrons. The third-order valence-corrected chi connectivity index (χ3v) is 6.35. The van der Waals surface area contributed by atoms with E-state index in [4.69, 9.17) is 0 Å². The highest BCUT2D eigenvalue weighted by Crippen LogP contribution is 2.12. The van der Waals surface area contributed by atoms with E-state index in [-0.39, 0.29) is 6.61 Å². The molecule has 0 saturated carbocycles. The molecule has 6 heteroatoms. The molecule has 0 aromatic carbocycles. The second-order valence-electron chi connectivity index (χ2n) is 7.71. The number of nitrogens with zero attached hydrogens (tertiary/aromatic N) is 1. The quantitative estimate of drug-likeness (QED) is 0.137. The monoisotopic (exact) mass is 426 g/mol. The first-order valence-corrected chi connectivity index (χ1v) is 13.1. The predicted molar refractivity (Wildman–Crippen MR) is 119 cm³/mol. The van der Waals surface area contributed by atoms with Gasteiger partial charge >= 0.3 is 10.5 Å². The Kier molecular flexibility index (Phi) is 21.5. The van der Waals surface area contributed by atoms with Gasteiger partial charge in [-0.15, -0.1) is 0 Å². The zero-order chi connectivity index (χ0) is 21.7. The van der Waals surface area contributed by atoms with Gasteiger partial charge in [0.25, 0.3) is 0 Å². The van der Waals surface area contributed by atoms with Gasteiger partial charge in [-0.25, -0.2) is 4.18 Å². The summed E-state index contributed by atoms with van der Waals surface area (Å²) in [6, 6.07) is 0. The maximum atomic E-state index is 12.0. The Bertz CT molecular complexity index is 394. The van der Waals surface area contributed by atoms with Crippen LogP contribution in [0.15, 0.2) is 0 Å². The summed E-state index contributed by atoms with van der Waals surface area (Å²) in [5.41, 5.74) is 0. The maximum absolute atomic E-state index is 12.0. The molecular weight excluding hydrogens is 377 g/mol. The average Bonchev–Trinajstić information content (AvgIpc) is 2.67. The van der Waals surface area contributed by atoms with Crippen LogP contribution in [0, 0.1) is 0 Å². The number of hydrogen-bond donors (Lipinski definition) is 0. The predicted octanol–water partition coefficient (Wildman–Crippen LogP) is 6.80. The van der Waals surface area contributed by atoms with Crippen molar-refractivity contribution < 1.29 is 21.0 Å². The van der Waals surface area contributed by atoms with Gasteiger partial charge < -0.3 is 4.48 Å². The fraction of sp³-hybridized carbons (Fsp3) is 1.00. The van der Waals surface area contributed by atoms with Crippen LogP contribution in [0.2, 0.25) is 0 Å². The minimum absolute atomic E-state index is 0.0315. The van der Waals surface area contributed by atoms with Gasteiger partial charge in [0.2, 0.25) is 0 Å². The number of unbranched alkanes of at least 4 members (excludes halogenated alkanes) is 11. The van der Waals surface area contributed by atoms with Crippen molar-refractivity contribution in [2.45, 2.75) is 112 Å². The SMILES string of the molecule is CCCCCCCCCCCCCCOS(=O)(=O)F.CC[N+](CC)(CC)CC. The van der Waals surface area contributed by atoms with Crippen LogP contribution in [-0.2, 0) is 14.7 Å². The van der Waals surface area contributed by atoms with E-state index in [0.29, 0.717) is 6.42 Å². The van der Waals surface area contributed by atoms with Crippen LogP contribution in [0.5, 0.6) is 0 Å². The Morgan fingerprint density at radius 2 is 0.929 bits per heavy atom. The summed E-state index contributed by atoms with van der Waals surface area (Å²) in [5, 5.41) is 0. The molecule has 0 aliphatic rings. The summed E-state index contributed by atoms with van der Waals surface area (Å²) in [5.74, 6) is 0. The Hall–Kier alpha value is -0.200. The molecule has 0 spiro atoms. The van der Waals surface area contributed by atoms with E-state index < -0.39 is 10.5 Å². The largest absolute Gasteiger partial charge is 0.437 e. The molecule has 0 atom stereocenters. The van der Waals surface area contributed by atoms with Crippen molar-refractivity contribution >= 4 is 10.5 Å². The Morgan fingerprint density at radius 1 is 0.607 bits per heavy atom. The Morgan fingerprint density at radius 3 is 1.18 bits per heavy atom. The molecule has 172 valence electrons. The van der Waals surface area contributed by atoms with Crippen molar-refractivity contribution in [2.24, 2.45) is 0 Å². The third-order valence-electron chi connectivity index (χ3n) is 5.91. The number of halogens is 1. The van der Waals surface area contributed by atoms with Crippen molar-refractivity contribution in [1.82, 2.24) is 0 Å². The zero-order valence-electron chi connectivity index (χ0n) is 19.5. The smallest absolute Gasteiger partial charge is 0.325 e. The van der Waals surface area contributed by atoms with Gasteiger partial charge in [-0.3, -0.25) is 0 Å². The molecule has 0 N–H and O–H groups in total. The van der Waals surface area contributed by atoms with Gasteiger partial charge in [0.15, 0.2) is 0 Å². The Labute approximate surface area is 176 Å². The molecule has 0 unspecified atom stereocenters. The minimum Gasteiger partial charge on any atom is -0.325 e. The van der Waals surface area contributed by atoms with Crippen LogP contribution in [0.1, 0.15) is 112 Å². The van der Waals surface area contributed by atoms with E-state index in [1.807, 2.05) is 0 Å². The minimum atomic E-state index is -4.74. The second-order valence-corrected chi connectivity index (χ2v) is 8.73. The van der Waals surface area contributed by atoms with Crippen LogP contribution in [-0.4, -0.2) is 45.7 Å². The number of quaternary nitrogens is 1. The summed E-state index contributed by atoms with van der Waals surface area (Å²) in [7, 11) is -4.74. The van der Waals surface area contributed by atoms with Crippen molar-refractivity contribution in [1.29, 1.82) is 0 Å². The molecule has 0 aromatic rings. The number of rotatable bonds is 18. The van der Waals surface area contributed by atoms with Crippen LogP contribution < -0.4 is 0 Å². The first-order chi connectivity index (χ1) is 13.3. The molecule has 28 heavy (non-hydrogen) atoms. The molecule has 0 aliphatic carbocycles. The summed E-state index contributed by atoms with van der Waals surface area (Å²) in [4.78, 5) is 0. The highest BCUT2D eigenvalue weighted by atomic mass is 32.3. The van der Waals surface area contributed by atoms with Crippen LogP contribution in [0.25, 0.3) is 0 Å². The number of hydrogen-bond acceptors (Lipinski definition) is 3. The molecule has 0 rings (SSSR count). The maximum Gasteiger partial charge on any atom is 0.437 e. The second kappa shape index (κ2) is 20.1. The normalized spacial score (nSPS) is 11.9. The molecule has 4 nitrogen and oxygen atoms in total. The van der Waals surface area contributed by atoms with Crippen molar-refractivity contribution in [2.75, 3.05) is 32.8 Å². The lowest BCUT2D eigenvalue weighted by Crippen LogP contribution is -2.47. The van der Waals surface area contributed by atoms with Gasteiger partial charge in [-0.05, 0) is 34.1 Å². The zero-order valence-corrected chi connectivity index (χ0v) is 20.3. The van der Waals surface area contributed by atoms with E-state index in [1.165, 1.54) is 88.4 Å². The van der Waals surface area contributed by atoms with Gasteiger partial charge in [-0.1, -0.05) is 81.4 Å². The summed E-state index contributed by atoms with van der Waals surface area (Å²) in [6.45, 7) is 16.4. The van der Waals surface area contributed by atoms with Crippen molar-refractivity contribution in [3.8, 4) is 0 Å². The van der Waals surface area contributed by atoms with Crippen molar-refractivity contribution in [3.63, 3.8) is 0 Å². The van der Waals surface area contributed by atoms with Gasteiger partial charge in [-0.2, -0.15) is 8.42 Å². The van der Waals surface area contributed by atoms with E-state index in [2.05, 4.69) is 38.8 Å². The first kappa shape index (κ1) is 30.0. The van der Waals surface area contributed by atoms with E-state index in [9.17, 15) is 12.3 Å². The summed E-state index contributed by atoms with van der Waals surface area (Å²) in [6.07, 6.45) is 14.4. The van der Waals surface area contributed by atoms with E-state index in [1.54, 1.807) is 0 Å². The molecule has 0 fully saturated rings. The molecule has 0 aromatic heterocycles. The third kappa shape index (κ3) is 20.5. The fourth-order valence-corrected chi connectivity index (χ4v) is 3.76. The lowest BCUT2D eigenvalue weighted by Gasteiger charge is -2.34. The van der Waals surface area contributed by atoms with Gasteiger partial charge in [0.05, 0.1) is 32.8 Å². The van der Waals surface area contributed by atoms with E-state index in [0.717, 1.165) is 12.8 Å². The summed E-state index contributed by atoms with van der Waals surface area (Å²) >= 11 is 0. The molecule has 0 amide bonds. The topological polar surface area (TPSA) is 43.4 Å². The highest BCUT2D eigenvalue weighted by Gasteiger charge is 2.16. The molecule has 0 aliphatic heterocycles. The molecule has 0 saturated heterocycles. The standard InChI is InChI=1S/C14H29FO3S.C8H20N/c1-2-3-4-5-6-7-8-9-10-11-12-13-14-18-19(15,16)17;1-5-9(6-2,7-3)8-4/h2-14H2,1H3;5-8H2,1-4H3/q;+1. The van der Waals surface area contributed by atoms with Gasteiger partial charge in [0, 0.05) is 0 Å². The highest BCUT2D eigenvalue weighted by molar-refractivity contribution is 7.81. The van der Waals surface area contributed by atoms with Crippen molar-refractivity contribution in [3.05, 3.63) is 0 Å². The molecular formula is C22H49FNO3S+. The lowest BCUT2D eigenvalue weighted by molar-refractivity contribution is -0.921. The van der Waals surface area contributed by atoms with Crippen LogP contribution in [0.4, 0.5) is 3.89 Å². The van der Waals surface area contributed by atoms with Gasteiger partial charge in [0.1, 0.15) is 0 Å². The average molecular weight is 427 g/mol. The Balaban J connectivity index is 0. The van der Waals surface area contributed by atoms with E-state index >= 15 is 0 Å². The van der Waals surface area contributed by atoms with Crippen LogP contribution in [0.3, 0.4) is 0 Å². The van der Waals surface area contributed by atoms with Crippen LogP contribution >= 0.6 is 0 Å². The molecule has 0 heterocycles. The molecule has 0 bridgehead atoms.